The van der Waals surface area contributed by atoms with Gasteiger partial charge in [-0.05, 0) is 58.7 Å². The minimum Gasteiger partial charge on any atom is -0.478 e. The highest BCUT2D eigenvalue weighted by Gasteiger charge is 2.47. The Morgan fingerprint density at radius 1 is 1.08 bits per heavy atom. The van der Waals surface area contributed by atoms with Gasteiger partial charge in [0.1, 0.15) is 0 Å². The summed E-state index contributed by atoms with van der Waals surface area (Å²) in [6.07, 6.45) is 1.32. The highest BCUT2D eigenvalue weighted by atomic mass is 16.4. The number of carbonyl (C=O) groups excluding carboxylic acids is 2. The fraction of sp³-hybridized carbons (Fsp3) is 0.500. The van der Waals surface area contributed by atoms with Crippen molar-refractivity contribution in [1.82, 2.24) is 10.2 Å². The molecule has 0 aliphatic carbocycles. The van der Waals surface area contributed by atoms with Crippen LogP contribution in [0.1, 0.15) is 71.6 Å². The number of rotatable bonds is 2. The molecule has 0 radical (unpaired) electrons. The van der Waals surface area contributed by atoms with Crippen molar-refractivity contribution in [3.05, 3.63) is 34.9 Å². The third-order valence-corrected chi connectivity index (χ3v) is 4.70. The number of nitrogens with one attached hydrogen (secondary N) is 1. The topological polar surface area (TPSA) is 86.7 Å². The lowest BCUT2D eigenvalue weighted by atomic mass is 9.79. The fourth-order valence-corrected chi connectivity index (χ4v) is 4.18. The van der Waals surface area contributed by atoms with Crippen molar-refractivity contribution < 1.29 is 19.5 Å². The molecule has 1 aromatic carbocycles. The van der Waals surface area contributed by atoms with Gasteiger partial charge in [0.2, 0.25) is 0 Å². The van der Waals surface area contributed by atoms with E-state index in [1.807, 2.05) is 0 Å². The van der Waals surface area contributed by atoms with Crippen molar-refractivity contribution in [3.63, 3.8) is 0 Å². The van der Waals surface area contributed by atoms with Crippen LogP contribution in [0.15, 0.2) is 18.2 Å². The highest BCUT2D eigenvalue weighted by Crippen LogP contribution is 2.35. The van der Waals surface area contributed by atoms with Gasteiger partial charge in [-0.2, -0.15) is 0 Å². The molecule has 0 spiro atoms. The van der Waals surface area contributed by atoms with Crippen molar-refractivity contribution in [2.75, 3.05) is 0 Å². The SMILES string of the molecule is CC1(C)CC(N2C(=O)c3ccc(C(=O)O)cc3C2=O)CC(C)(C)N1. The predicted molar refractivity (Wildman–Crippen MR) is 88.2 cm³/mol. The van der Waals surface area contributed by atoms with E-state index in [-0.39, 0.29) is 34.2 Å². The molecule has 0 atom stereocenters. The number of imide groups is 1. The molecule has 2 aliphatic rings. The van der Waals surface area contributed by atoms with Crippen LogP contribution in [0.25, 0.3) is 0 Å². The van der Waals surface area contributed by atoms with Gasteiger partial charge in [-0.3, -0.25) is 14.5 Å². The summed E-state index contributed by atoms with van der Waals surface area (Å²) in [5.41, 5.74) is 0.0954. The van der Waals surface area contributed by atoms with E-state index >= 15 is 0 Å². The average molecular weight is 330 g/mol. The molecule has 2 N–H and O–H groups in total. The Morgan fingerprint density at radius 2 is 1.62 bits per heavy atom. The molecule has 2 heterocycles. The number of fused-ring (bicyclic) bond motifs is 1. The summed E-state index contributed by atoms with van der Waals surface area (Å²) in [4.78, 5) is 38.0. The molecule has 3 rings (SSSR count). The molecule has 2 amide bonds. The number of hydrogen-bond acceptors (Lipinski definition) is 4. The van der Waals surface area contributed by atoms with E-state index in [9.17, 15) is 14.4 Å². The third kappa shape index (κ3) is 2.71. The Balaban J connectivity index is 1.97. The molecule has 1 saturated heterocycles. The number of carboxylic acids is 1. The monoisotopic (exact) mass is 330 g/mol. The minimum absolute atomic E-state index is 0.0164. The number of nitrogens with zero attached hydrogens (tertiary/aromatic N) is 1. The number of aromatic carboxylic acids is 1. The largest absolute Gasteiger partial charge is 0.478 e. The Kier molecular flexibility index (Phi) is 3.57. The van der Waals surface area contributed by atoms with Gasteiger partial charge in [0.05, 0.1) is 16.7 Å². The minimum atomic E-state index is -1.11. The summed E-state index contributed by atoms with van der Waals surface area (Å²) in [6.45, 7) is 8.23. The van der Waals surface area contributed by atoms with Crippen LogP contribution >= 0.6 is 0 Å². The maximum atomic E-state index is 12.8. The lowest BCUT2D eigenvalue weighted by Crippen LogP contribution is -2.62. The average Bonchev–Trinajstić information content (AvgIpc) is 2.67. The Morgan fingerprint density at radius 3 is 2.17 bits per heavy atom. The second-order valence-electron chi connectivity index (χ2n) is 8.00. The molecule has 0 bridgehead atoms. The third-order valence-electron chi connectivity index (χ3n) is 4.70. The van der Waals surface area contributed by atoms with Gasteiger partial charge in [-0.15, -0.1) is 0 Å². The van der Waals surface area contributed by atoms with Crippen LogP contribution in [0.3, 0.4) is 0 Å². The van der Waals surface area contributed by atoms with E-state index in [0.717, 1.165) is 0 Å². The lowest BCUT2D eigenvalue weighted by molar-refractivity contribution is 0.0412. The van der Waals surface area contributed by atoms with Crippen molar-refractivity contribution in [3.8, 4) is 0 Å². The Bertz CT molecular complexity index is 735. The van der Waals surface area contributed by atoms with E-state index in [1.165, 1.54) is 23.1 Å². The molecule has 6 nitrogen and oxygen atoms in total. The van der Waals surface area contributed by atoms with Crippen LogP contribution in [0.5, 0.6) is 0 Å². The van der Waals surface area contributed by atoms with E-state index in [0.29, 0.717) is 18.4 Å². The van der Waals surface area contributed by atoms with Gasteiger partial charge in [-0.25, -0.2) is 4.79 Å². The van der Waals surface area contributed by atoms with Gasteiger partial charge in [0.25, 0.3) is 11.8 Å². The van der Waals surface area contributed by atoms with Crippen molar-refractivity contribution in [2.24, 2.45) is 0 Å². The molecule has 6 heteroatoms. The van der Waals surface area contributed by atoms with Gasteiger partial charge < -0.3 is 10.4 Å². The van der Waals surface area contributed by atoms with Crippen LogP contribution in [0.2, 0.25) is 0 Å². The standard InChI is InChI=1S/C18H22N2O4/c1-17(2)8-11(9-18(3,4)19-17)20-14(21)12-6-5-10(16(23)24)7-13(12)15(20)22/h5-7,11,19H,8-9H2,1-4H3,(H,23,24). The lowest BCUT2D eigenvalue weighted by Gasteiger charge is -2.48. The summed E-state index contributed by atoms with van der Waals surface area (Å²) in [7, 11) is 0. The second-order valence-corrected chi connectivity index (χ2v) is 8.00. The van der Waals surface area contributed by atoms with Gasteiger partial charge >= 0.3 is 5.97 Å². The molecule has 2 aliphatic heterocycles. The first-order valence-corrected chi connectivity index (χ1v) is 8.05. The Labute approximate surface area is 140 Å². The smallest absolute Gasteiger partial charge is 0.335 e. The van der Waals surface area contributed by atoms with Gasteiger partial charge in [0.15, 0.2) is 0 Å². The maximum absolute atomic E-state index is 12.8. The zero-order chi connectivity index (χ0) is 17.9. The highest BCUT2D eigenvalue weighted by molar-refractivity contribution is 6.22. The molecule has 0 unspecified atom stereocenters. The summed E-state index contributed by atoms with van der Waals surface area (Å²) < 4.78 is 0. The fourth-order valence-electron chi connectivity index (χ4n) is 4.18. The molecule has 24 heavy (non-hydrogen) atoms. The van der Waals surface area contributed by atoms with Gasteiger partial charge in [0, 0.05) is 17.1 Å². The second kappa shape index (κ2) is 5.14. The first kappa shape index (κ1) is 16.6. The summed E-state index contributed by atoms with van der Waals surface area (Å²) >= 11 is 0. The number of benzene rings is 1. The normalized spacial score (nSPS) is 22.6. The first-order valence-electron chi connectivity index (χ1n) is 8.05. The Hall–Kier alpha value is -2.21. The van der Waals surface area contributed by atoms with E-state index in [1.54, 1.807) is 0 Å². The van der Waals surface area contributed by atoms with Crippen molar-refractivity contribution >= 4 is 17.8 Å². The zero-order valence-electron chi connectivity index (χ0n) is 14.3. The number of carbonyl (C=O) groups is 3. The number of amides is 2. The van der Waals surface area contributed by atoms with Crippen LogP contribution in [-0.2, 0) is 0 Å². The molecule has 0 saturated carbocycles. The van der Waals surface area contributed by atoms with Crippen LogP contribution < -0.4 is 5.32 Å². The number of carboxylic acid groups (broad SMARTS) is 1. The van der Waals surface area contributed by atoms with Crippen molar-refractivity contribution in [1.29, 1.82) is 0 Å². The first-order chi connectivity index (χ1) is 11.0. The molecule has 0 aromatic heterocycles. The molecular formula is C18H22N2O4. The van der Waals surface area contributed by atoms with Gasteiger partial charge in [-0.1, -0.05) is 0 Å². The quantitative estimate of drug-likeness (QED) is 0.813. The predicted octanol–water partition coefficient (Wildman–Crippen LogP) is 2.29. The van der Waals surface area contributed by atoms with E-state index in [2.05, 4.69) is 33.0 Å². The summed E-state index contributed by atoms with van der Waals surface area (Å²) in [6, 6.07) is 3.90. The molecular weight excluding hydrogens is 308 g/mol. The number of hydrogen-bond donors (Lipinski definition) is 2. The van der Waals surface area contributed by atoms with Crippen molar-refractivity contribution in [2.45, 2.75) is 57.7 Å². The summed E-state index contributed by atoms with van der Waals surface area (Å²) in [5.74, 6) is -1.83. The summed E-state index contributed by atoms with van der Waals surface area (Å²) in [5, 5.41) is 12.6. The number of piperidine rings is 1. The molecule has 128 valence electrons. The van der Waals surface area contributed by atoms with Crippen LogP contribution in [-0.4, -0.2) is 44.9 Å². The van der Waals surface area contributed by atoms with E-state index in [4.69, 9.17) is 5.11 Å². The van der Waals surface area contributed by atoms with Crippen LogP contribution in [0.4, 0.5) is 0 Å². The molecule has 1 aromatic rings. The zero-order valence-corrected chi connectivity index (χ0v) is 14.3. The maximum Gasteiger partial charge on any atom is 0.335 e. The molecule has 1 fully saturated rings. The van der Waals surface area contributed by atoms with E-state index < -0.39 is 11.9 Å². The van der Waals surface area contributed by atoms with Crippen LogP contribution in [0, 0.1) is 0 Å².